The Morgan fingerprint density at radius 2 is 2.09 bits per heavy atom. The first-order chi connectivity index (χ1) is 15.6. The van der Waals surface area contributed by atoms with Crippen LogP contribution < -0.4 is 10.1 Å². The van der Waals surface area contributed by atoms with Crippen molar-refractivity contribution in [1.29, 1.82) is 0 Å². The fourth-order valence-electron chi connectivity index (χ4n) is 3.53. The van der Waals surface area contributed by atoms with Crippen molar-refractivity contribution in [2.24, 2.45) is 0 Å². The molecule has 0 saturated carbocycles. The number of carbonyl (C=O) groups excluding carboxylic acids is 1. The Kier molecular flexibility index (Phi) is 7.45. The van der Waals surface area contributed by atoms with E-state index < -0.39 is 24.7 Å². The highest BCUT2D eigenvalue weighted by atomic mass is 19.4. The number of carbonyl (C=O) groups is 1. The summed E-state index contributed by atoms with van der Waals surface area (Å²) in [6.07, 6.45) is 0.415. The highest BCUT2D eigenvalue weighted by Gasteiger charge is 2.29. The quantitative estimate of drug-likeness (QED) is 0.497. The predicted molar refractivity (Wildman–Crippen MR) is 119 cm³/mol. The van der Waals surface area contributed by atoms with E-state index in [1.807, 2.05) is 41.8 Å². The molecule has 2 amide bonds. The molecule has 7 nitrogen and oxygen atoms in total. The Balaban J connectivity index is 1.76. The van der Waals surface area contributed by atoms with E-state index in [9.17, 15) is 18.0 Å². The molecule has 2 heterocycles. The first-order valence-electron chi connectivity index (χ1n) is 10.7. The van der Waals surface area contributed by atoms with E-state index in [1.54, 1.807) is 26.4 Å². The van der Waals surface area contributed by atoms with Crippen molar-refractivity contribution < 1.29 is 22.7 Å². The van der Waals surface area contributed by atoms with Gasteiger partial charge in [-0.25, -0.2) is 14.8 Å². The van der Waals surface area contributed by atoms with Gasteiger partial charge in [-0.2, -0.15) is 13.2 Å². The van der Waals surface area contributed by atoms with Crippen LogP contribution in [-0.2, 0) is 0 Å². The Labute approximate surface area is 190 Å². The van der Waals surface area contributed by atoms with Crippen LogP contribution in [0, 0.1) is 0 Å². The zero-order chi connectivity index (χ0) is 24.2. The minimum atomic E-state index is -4.24. The summed E-state index contributed by atoms with van der Waals surface area (Å²) in [5.41, 5.74) is 2.98. The molecule has 1 aromatic carbocycles. The van der Waals surface area contributed by atoms with Crippen molar-refractivity contribution in [3.05, 3.63) is 48.4 Å². The van der Waals surface area contributed by atoms with E-state index in [4.69, 9.17) is 4.74 Å². The number of aromatic nitrogens is 3. The first-order valence-corrected chi connectivity index (χ1v) is 10.7. The van der Waals surface area contributed by atoms with Crippen LogP contribution in [0.3, 0.4) is 0 Å². The van der Waals surface area contributed by atoms with Gasteiger partial charge in [0.05, 0.1) is 18.8 Å². The van der Waals surface area contributed by atoms with Gasteiger partial charge < -0.3 is 19.4 Å². The molecule has 1 N–H and O–H groups in total. The standard InChI is InChI=1S/C23H28F3N5O2/c1-5-18(9-10-23(24,25)26)28-22(32)30(3)15(2)16-7-6-8-17(13-16)19-14-31-12-11-27-20(31)21(29-19)33-4/h6-8,11-15,18H,5,9-10H2,1-4H3,(H,28,32)/t15-,18?/m1/s1. The van der Waals surface area contributed by atoms with Crippen LogP contribution in [0.2, 0.25) is 0 Å². The third-order valence-electron chi connectivity index (χ3n) is 5.70. The number of methoxy groups -OCH3 is 1. The van der Waals surface area contributed by atoms with Crippen molar-refractivity contribution in [1.82, 2.24) is 24.6 Å². The van der Waals surface area contributed by atoms with Crippen molar-refractivity contribution in [2.75, 3.05) is 14.2 Å². The fraction of sp³-hybridized carbons (Fsp3) is 0.435. The fourth-order valence-corrected chi connectivity index (χ4v) is 3.53. The topological polar surface area (TPSA) is 71.8 Å². The smallest absolute Gasteiger partial charge is 0.389 e. The number of urea groups is 1. The SMILES string of the molecule is CCC(CCC(F)(F)F)NC(=O)N(C)[C@H](C)c1cccc(-c2cn3ccnc3c(OC)n2)c1. The van der Waals surface area contributed by atoms with Gasteiger partial charge in [-0.05, 0) is 31.4 Å². The highest BCUT2D eigenvalue weighted by Crippen LogP contribution is 2.28. The molecule has 0 aliphatic heterocycles. The molecule has 3 rings (SSSR count). The summed E-state index contributed by atoms with van der Waals surface area (Å²) in [6, 6.07) is 6.33. The van der Waals surface area contributed by atoms with E-state index in [0.717, 1.165) is 11.1 Å². The molecule has 0 aliphatic rings. The van der Waals surface area contributed by atoms with Gasteiger partial charge in [-0.1, -0.05) is 25.1 Å². The van der Waals surface area contributed by atoms with Crippen molar-refractivity contribution in [3.63, 3.8) is 0 Å². The minimum absolute atomic E-state index is 0.145. The number of nitrogens with zero attached hydrogens (tertiary/aromatic N) is 4. The van der Waals surface area contributed by atoms with Crippen molar-refractivity contribution in [3.8, 4) is 17.1 Å². The first kappa shape index (κ1) is 24.3. The van der Waals surface area contributed by atoms with Crippen LogP contribution in [0.5, 0.6) is 5.88 Å². The average Bonchev–Trinajstić information content (AvgIpc) is 3.28. The van der Waals surface area contributed by atoms with Crippen LogP contribution >= 0.6 is 0 Å². The normalized spacial score (nSPS) is 13.5. The zero-order valence-corrected chi connectivity index (χ0v) is 19.1. The van der Waals surface area contributed by atoms with Crippen LogP contribution in [0.4, 0.5) is 18.0 Å². The summed E-state index contributed by atoms with van der Waals surface area (Å²) in [6.45, 7) is 3.62. The summed E-state index contributed by atoms with van der Waals surface area (Å²) >= 11 is 0. The molecule has 0 bridgehead atoms. The lowest BCUT2D eigenvalue weighted by atomic mass is 10.0. The number of amides is 2. The van der Waals surface area contributed by atoms with Gasteiger partial charge in [-0.3, -0.25) is 0 Å². The summed E-state index contributed by atoms with van der Waals surface area (Å²) in [7, 11) is 3.16. The molecule has 0 saturated heterocycles. The Morgan fingerprint density at radius 1 is 1.33 bits per heavy atom. The van der Waals surface area contributed by atoms with Gasteiger partial charge in [0.1, 0.15) is 0 Å². The molecule has 0 radical (unpaired) electrons. The average molecular weight is 464 g/mol. The number of halogens is 3. The number of nitrogens with one attached hydrogen (secondary N) is 1. The third-order valence-corrected chi connectivity index (χ3v) is 5.70. The largest absolute Gasteiger partial charge is 0.478 e. The van der Waals surface area contributed by atoms with Crippen LogP contribution in [-0.4, -0.2) is 51.7 Å². The third kappa shape index (κ3) is 5.94. The van der Waals surface area contributed by atoms with E-state index in [-0.39, 0.29) is 12.5 Å². The van der Waals surface area contributed by atoms with Gasteiger partial charge in [0.25, 0.3) is 5.88 Å². The highest BCUT2D eigenvalue weighted by molar-refractivity contribution is 5.75. The molecule has 2 aromatic heterocycles. The lowest BCUT2D eigenvalue weighted by molar-refractivity contribution is -0.136. The number of benzene rings is 1. The van der Waals surface area contributed by atoms with Crippen molar-refractivity contribution >= 4 is 11.7 Å². The summed E-state index contributed by atoms with van der Waals surface area (Å²) < 4.78 is 44.8. The van der Waals surface area contributed by atoms with Gasteiger partial charge in [0.15, 0.2) is 5.65 Å². The molecule has 0 aliphatic carbocycles. The second-order valence-electron chi connectivity index (χ2n) is 7.91. The second kappa shape index (κ2) is 10.1. The number of fused-ring (bicyclic) bond motifs is 1. The number of hydrogen-bond donors (Lipinski definition) is 1. The number of rotatable bonds is 8. The molecule has 0 spiro atoms. The molecular formula is C23H28F3N5O2. The molecule has 1 unspecified atom stereocenters. The van der Waals surface area contributed by atoms with E-state index in [2.05, 4.69) is 15.3 Å². The van der Waals surface area contributed by atoms with Crippen LogP contribution in [0.1, 0.15) is 44.7 Å². The maximum Gasteiger partial charge on any atom is 0.389 e. The van der Waals surface area contributed by atoms with Gasteiger partial charge in [0.2, 0.25) is 0 Å². The minimum Gasteiger partial charge on any atom is -0.478 e. The van der Waals surface area contributed by atoms with E-state index in [0.29, 0.717) is 23.6 Å². The molecule has 2 atom stereocenters. The molecular weight excluding hydrogens is 435 g/mol. The summed E-state index contributed by atoms with van der Waals surface area (Å²) in [5, 5.41) is 2.72. The Hall–Kier alpha value is -3.30. The maximum atomic E-state index is 12.7. The van der Waals surface area contributed by atoms with E-state index >= 15 is 0 Å². The van der Waals surface area contributed by atoms with E-state index in [1.165, 1.54) is 12.0 Å². The zero-order valence-electron chi connectivity index (χ0n) is 19.1. The number of ether oxygens (including phenoxy) is 1. The monoisotopic (exact) mass is 463 g/mol. The number of alkyl halides is 3. The maximum absolute atomic E-state index is 12.7. The molecule has 0 fully saturated rings. The Morgan fingerprint density at radius 3 is 2.76 bits per heavy atom. The van der Waals surface area contributed by atoms with Crippen LogP contribution in [0.25, 0.3) is 16.9 Å². The summed E-state index contributed by atoms with van der Waals surface area (Å²) in [5.74, 6) is 0.400. The lowest BCUT2D eigenvalue weighted by Crippen LogP contribution is -2.44. The summed E-state index contributed by atoms with van der Waals surface area (Å²) in [4.78, 5) is 23.0. The molecule has 178 valence electrons. The molecule has 3 aromatic rings. The second-order valence-corrected chi connectivity index (χ2v) is 7.91. The predicted octanol–water partition coefficient (Wildman–Crippen LogP) is 5.23. The van der Waals surface area contributed by atoms with Crippen LogP contribution in [0.15, 0.2) is 42.9 Å². The van der Waals surface area contributed by atoms with Gasteiger partial charge in [0, 0.05) is 43.7 Å². The molecule has 10 heteroatoms. The number of imidazole rings is 1. The molecule has 33 heavy (non-hydrogen) atoms. The van der Waals surface area contributed by atoms with Gasteiger partial charge >= 0.3 is 12.2 Å². The number of hydrogen-bond acceptors (Lipinski definition) is 4. The Bertz CT molecular complexity index is 1100. The van der Waals surface area contributed by atoms with Crippen molar-refractivity contribution in [2.45, 2.75) is 51.4 Å². The lowest BCUT2D eigenvalue weighted by Gasteiger charge is -2.28. The van der Waals surface area contributed by atoms with Gasteiger partial charge in [-0.15, -0.1) is 0 Å².